The first-order valence-electron chi connectivity index (χ1n) is 9.34. The summed E-state index contributed by atoms with van der Waals surface area (Å²) in [5.74, 6) is -1.25. The SMILES string of the molecule is CC(C)NC(=O)O[C@@H]1CC[C@H](c2cc(NC(=O)c3cc(C(=O)O)nn3C)n[nH]2)C1. The Labute approximate surface area is 166 Å². The van der Waals surface area contributed by atoms with Crippen molar-refractivity contribution < 1.29 is 24.2 Å². The van der Waals surface area contributed by atoms with E-state index in [0.717, 1.165) is 18.5 Å². The highest BCUT2D eigenvalue weighted by Crippen LogP contribution is 2.35. The van der Waals surface area contributed by atoms with E-state index in [9.17, 15) is 14.4 Å². The van der Waals surface area contributed by atoms with Crippen LogP contribution in [0.4, 0.5) is 10.6 Å². The second-order valence-corrected chi connectivity index (χ2v) is 7.34. The number of alkyl carbamates (subject to hydrolysis) is 1. The number of anilines is 1. The van der Waals surface area contributed by atoms with Gasteiger partial charge in [0.05, 0.1) is 0 Å². The zero-order valence-corrected chi connectivity index (χ0v) is 16.4. The van der Waals surface area contributed by atoms with Crippen molar-refractivity contribution in [1.29, 1.82) is 0 Å². The van der Waals surface area contributed by atoms with Crippen LogP contribution in [0.1, 0.15) is 65.7 Å². The maximum absolute atomic E-state index is 12.4. The third-order valence-corrected chi connectivity index (χ3v) is 4.68. The minimum atomic E-state index is -1.21. The summed E-state index contributed by atoms with van der Waals surface area (Å²) in [6.07, 6.45) is 1.68. The number of amides is 2. The van der Waals surface area contributed by atoms with Crippen LogP contribution in [0.2, 0.25) is 0 Å². The van der Waals surface area contributed by atoms with Gasteiger partial charge in [-0.05, 0) is 33.1 Å². The molecule has 0 radical (unpaired) electrons. The van der Waals surface area contributed by atoms with Crippen LogP contribution in [0, 0.1) is 0 Å². The average molecular weight is 404 g/mol. The van der Waals surface area contributed by atoms with Gasteiger partial charge in [0.25, 0.3) is 5.91 Å². The quantitative estimate of drug-likeness (QED) is 0.573. The molecule has 1 aliphatic carbocycles. The van der Waals surface area contributed by atoms with E-state index in [0.29, 0.717) is 12.2 Å². The van der Waals surface area contributed by atoms with E-state index in [1.165, 1.54) is 17.8 Å². The van der Waals surface area contributed by atoms with Crippen LogP contribution in [0.25, 0.3) is 0 Å². The number of carboxylic acids is 1. The highest BCUT2D eigenvalue weighted by molar-refractivity contribution is 6.03. The molecule has 0 bridgehead atoms. The minimum absolute atomic E-state index is 0.0180. The number of nitrogens with zero attached hydrogens (tertiary/aromatic N) is 3. The molecule has 3 rings (SSSR count). The molecule has 0 unspecified atom stereocenters. The lowest BCUT2D eigenvalue weighted by atomic mass is 10.0. The molecular formula is C18H24N6O5. The van der Waals surface area contributed by atoms with Gasteiger partial charge in [0.2, 0.25) is 0 Å². The molecule has 11 heteroatoms. The number of aromatic nitrogens is 4. The fraction of sp³-hybridized carbons (Fsp3) is 0.500. The van der Waals surface area contributed by atoms with Gasteiger partial charge in [0.15, 0.2) is 11.5 Å². The Morgan fingerprint density at radius 2 is 2.07 bits per heavy atom. The molecule has 1 aliphatic rings. The average Bonchev–Trinajstić information content (AvgIpc) is 3.33. The van der Waals surface area contributed by atoms with E-state index in [1.807, 2.05) is 13.8 Å². The Hall–Kier alpha value is -3.37. The molecular weight excluding hydrogens is 380 g/mol. The normalized spacial score (nSPS) is 18.6. The van der Waals surface area contributed by atoms with Crippen LogP contribution in [0.5, 0.6) is 0 Å². The Balaban J connectivity index is 1.58. The van der Waals surface area contributed by atoms with E-state index in [2.05, 4.69) is 25.9 Å². The number of aromatic amines is 1. The number of nitrogens with one attached hydrogen (secondary N) is 3. The number of carbonyl (C=O) groups excluding carboxylic acids is 2. The number of hydrogen-bond donors (Lipinski definition) is 4. The molecule has 1 fully saturated rings. The second kappa shape index (κ2) is 8.33. The molecule has 2 aromatic rings. The van der Waals surface area contributed by atoms with Gasteiger partial charge in [-0.3, -0.25) is 14.6 Å². The Kier molecular flexibility index (Phi) is 5.85. The summed E-state index contributed by atoms with van der Waals surface area (Å²) in [6.45, 7) is 3.74. The van der Waals surface area contributed by atoms with Gasteiger partial charge in [-0.1, -0.05) is 0 Å². The Bertz CT molecular complexity index is 918. The van der Waals surface area contributed by atoms with Gasteiger partial charge in [0, 0.05) is 36.8 Å². The number of ether oxygens (including phenoxy) is 1. The molecule has 0 aliphatic heterocycles. The molecule has 0 saturated heterocycles. The van der Waals surface area contributed by atoms with E-state index in [1.54, 1.807) is 6.07 Å². The molecule has 4 N–H and O–H groups in total. The zero-order chi connectivity index (χ0) is 21.1. The molecule has 29 heavy (non-hydrogen) atoms. The Morgan fingerprint density at radius 3 is 2.72 bits per heavy atom. The lowest BCUT2D eigenvalue weighted by Gasteiger charge is -2.14. The van der Waals surface area contributed by atoms with E-state index in [-0.39, 0.29) is 29.5 Å². The van der Waals surface area contributed by atoms with Gasteiger partial charge in [-0.25, -0.2) is 9.59 Å². The molecule has 2 heterocycles. The lowest BCUT2D eigenvalue weighted by Crippen LogP contribution is -2.33. The highest BCUT2D eigenvalue weighted by atomic mass is 16.6. The smallest absolute Gasteiger partial charge is 0.407 e. The van der Waals surface area contributed by atoms with Crippen LogP contribution >= 0.6 is 0 Å². The number of carboxylic acid groups (broad SMARTS) is 1. The molecule has 11 nitrogen and oxygen atoms in total. The van der Waals surface area contributed by atoms with E-state index >= 15 is 0 Å². The number of aryl methyl sites for hydroxylation is 1. The first kappa shape index (κ1) is 20.4. The minimum Gasteiger partial charge on any atom is -0.476 e. The largest absolute Gasteiger partial charge is 0.476 e. The zero-order valence-electron chi connectivity index (χ0n) is 16.4. The van der Waals surface area contributed by atoms with Crippen LogP contribution in [-0.2, 0) is 11.8 Å². The number of H-pyrrole nitrogens is 1. The lowest BCUT2D eigenvalue weighted by molar-refractivity contribution is 0.0689. The van der Waals surface area contributed by atoms with Crippen molar-refractivity contribution >= 4 is 23.8 Å². The molecule has 2 aromatic heterocycles. The first-order valence-corrected chi connectivity index (χ1v) is 9.34. The summed E-state index contributed by atoms with van der Waals surface area (Å²) in [5.41, 5.74) is 0.739. The van der Waals surface area contributed by atoms with Crippen molar-refractivity contribution in [3.8, 4) is 0 Å². The molecule has 0 aromatic carbocycles. The predicted octanol–water partition coefficient (Wildman–Crippen LogP) is 1.86. The maximum Gasteiger partial charge on any atom is 0.407 e. The number of carbonyl (C=O) groups is 3. The third kappa shape index (κ3) is 4.92. The fourth-order valence-corrected chi connectivity index (χ4v) is 3.33. The van der Waals surface area contributed by atoms with Gasteiger partial charge < -0.3 is 20.5 Å². The van der Waals surface area contributed by atoms with Gasteiger partial charge in [0.1, 0.15) is 11.8 Å². The van der Waals surface area contributed by atoms with E-state index < -0.39 is 18.0 Å². The van der Waals surface area contributed by atoms with Crippen molar-refractivity contribution in [2.45, 2.75) is 51.2 Å². The van der Waals surface area contributed by atoms with Crippen LogP contribution < -0.4 is 10.6 Å². The number of rotatable bonds is 6. The third-order valence-electron chi connectivity index (χ3n) is 4.68. The fourth-order valence-electron chi connectivity index (χ4n) is 3.33. The summed E-state index contributed by atoms with van der Waals surface area (Å²) in [7, 11) is 1.49. The van der Waals surface area contributed by atoms with Crippen molar-refractivity contribution in [3.63, 3.8) is 0 Å². The molecule has 156 valence electrons. The molecule has 2 atom stereocenters. The van der Waals surface area contributed by atoms with Crippen molar-refractivity contribution in [2.75, 3.05) is 5.32 Å². The monoisotopic (exact) mass is 404 g/mol. The molecule has 1 saturated carbocycles. The van der Waals surface area contributed by atoms with Crippen molar-refractivity contribution in [1.82, 2.24) is 25.3 Å². The molecule has 0 spiro atoms. The topological polar surface area (TPSA) is 151 Å². The summed E-state index contributed by atoms with van der Waals surface area (Å²) in [6, 6.07) is 2.95. The van der Waals surface area contributed by atoms with Crippen LogP contribution in [-0.4, -0.2) is 55.2 Å². The first-order chi connectivity index (χ1) is 13.7. The second-order valence-electron chi connectivity index (χ2n) is 7.34. The van der Waals surface area contributed by atoms with Gasteiger partial charge >= 0.3 is 12.1 Å². The van der Waals surface area contributed by atoms with Crippen LogP contribution in [0.3, 0.4) is 0 Å². The predicted molar refractivity (Wildman–Crippen MR) is 102 cm³/mol. The van der Waals surface area contributed by atoms with Crippen molar-refractivity contribution in [2.24, 2.45) is 7.05 Å². The summed E-state index contributed by atoms with van der Waals surface area (Å²) >= 11 is 0. The van der Waals surface area contributed by atoms with Gasteiger partial charge in [-0.2, -0.15) is 10.2 Å². The van der Waals surface area contributed by atoms with Crippen LogP contribution in [0.15, 0.2) is 12.1 Å². The summed E-state index contributed by atoms with van der Waals surface area (Å²) < 4.78 is 6.63. The van der Waals surface area contributed by atoms with E-state index in [4.69, 9.17) is 9.84 Å². The standard InChI is InChI=1S/C18H24N6O5/c1-9(2)19-18(28)29-11-5-4-10(6-11)12-8-15(22-21-12)20-16(25)14-7-13(17(26)27)23-24(14)3/h7-11H,4-6H2,1-3H3,(H,19,28)(H,26,27)(H2,20,21,22,25)/t10-,11+/m0/s1. The summed E-state index contributed by atoms with van der Waals surface area (Å²) in [5, 5.41) is 25.1. The summed E-state index contributed by atoms with van der Waals surface area (Å²) in [4.78, 5) is 35.1. The highest BCUT2D eigenvalue weighted by Gasteiger charge is 2.30. The van der Waals surface area contributed by atoms with Gasteiger partial charge in [-0.15, -0.1) is 0 Å². The maximum atomic E-state index is 12.4. The number of aromatic carboxylic acids is 1. The number of hydrogen-bond acceptors (Lipinski definition) is 6. The molecule has 2 amide bonds. The van der Waals surface area contributed by atoms with Crippen molar-refractivity contribution in [3.05, 3.63) is 29.2 Å². The Morgan fingerprint density at radius 1 is 1.31 bits per heavy atom.